The lowest BCUT2D eigenvalue weighted by Gasteiger charge is -2.21. The van der Waals surface area contributed by atoms with Crippen molar-refractivity contribution < 1.29 is 14.7 Å². The molecule has 0 atom stereocenters. The van der Waals surface area contributed by atoms with Gasteiger partial charge in [-0.25, -0.2) is 0 Å². The molecule has 1 aromatic carbocycles. The Morgan fingerprint density at radius 3 is 2.55 bits per heavy atom. The highest BCUT2D eigenvalue weighted by Gasteiger charge is 2.20. The van der Waals surface area contributed by atoms with E-state index < -0.39 is 5.97 Å². The standard InChI is InChI=1S/C13H13N3O3S/c1-9-2-4-10(5-3-9)16(7-6-12(17)18)13(19)11-8-14-15-20-11/h2-5,8H,6-7H2,1H3,(H,17,18). The molecule has 0 saturated carbocycles. The zero-order chi connectivity index (χ0) is 14.5. The number of hydrogen-bond acceptors (Lipinski definition) is 5. The minimum Gasteiger partial charge on any atom is -0.481 e. The van der Waals surface area contributed by atoms with Crippen molar-refractivity contribution in [2.24, 2.45) is 0 Å². The lowest BCUT2D eigenvalue weighted by atomic mass is 10.2. The average Bonchev–Trinajstić information content (AvgIpc) is 2.94. The Labute approximate surface area is 119 Å². The number of benzene rings is 1. The average molecular weight is 291 g/mol. The molecule has 0 unspecified atom stereocenters. The van der Waals surface area contributed by atoms with Crippen molar-refractivity contribution in [3.05, 3.63) is 40.9 Å². The molecular weight excluding hydrogens is 278 g/mol. The van der Waals surface area contributed by atoms with Crippen molar-refractivity contribution >= 4 is 29.1 Å². The number of aromatic nitrogens is 2. The second-order valence-electron chi connectivity index (χ2n) is 4.22. The molecule has 7 heteroatoms. The Kier molecular flexibility index (Phi) is 4.41. The molecule has 0 aliphatic rings. The molecular formula is C13H13N3O3S. The first-order chi connectivity index (χ1) is 9.58. The fraction of sp³-hybridized carbons (Fsp3) is 0.231. The van der Waals surface area contributed by atoms with Gasteiger partial charge in [0, 0.05) is 12.2 Å². The quantitative estimate of drug-likeness (QED) is 0.910. The number of carbonyl (C=O) groups excluding carboxylic acids is 1. The molecule has 0 bridgehead atoms. The highest BCUT2D eigenvalue weighted by molar-refractivity contribution is 7.07. The summed E-state index contributed by atoms with van der Waals surface area (Å²) in [7, 11) is 0. The summed E-state index contributed by atoms with van der Waals surface area (Å²) >= 11 is 0.992. The van der Waals surface area contributed by atoms with Crippen LogP contribution in [0.4, 0.5) is 5.69 Å². The van der Waals surface area contributed by atoms with E-state index >= 15 is 0 Å². The lowest BCUT2D eigenvalue weighted by Crippen LogP contribution is -2.32. The second kappa shape index (κ2) is 6.25. The SMILES string of the molecule is Cc1ccc(N(CCC(=O)O)C(=O)c2cnns2)cc1. The Hall–Kier alpha value is -2.28. The molecule has 6 nitrogen and oxygen atoms in total. The van der Waals surface area contributed by atoms with Crippen LogP contribution in [0.5, 0.6) is 0 Å². The smallest absolute Gasteiger partial charge is 0.305 e. The van der Waals surface area contributed by atoms with Crippen LogP contribution in [0.1, 0.15) is 21.7 Å². The van der Waals surface area contributed by atoms with E-state index in [1.807, 2.05) is 19.1 Å². The van der Waals surface area contributed by atoms with Crippen molar-refractivity contribution in [1.29, 1.82) is 0 Å². The van der Waals surface area contributed by atoms with E-state index in [1.165, 1.54) is 11.1 Å². The number of aryl methyl sites for hydroxylation is 1. The Bertz CT molecular complexity index is 596. The Morgan fingerprint density at radius 2 is 2.00 bits per heavy atom. The van der Waals surface area contributed by atoms with E-state index in [-0.39, 0.29) is 18.9 Å². The van der Waals surface area contributed by atoms with Crippen molar-refractivity contribution in [2.45, 2.75) is 13.3 Å². The number of hydrogen-bond donors (Lipinski definition) is 1. The predicted octanol–water partition coefficient (Wildman–Crippen LogP) is 1.97. The van der Waals surface area contributed by atoms with Gasteiger partial charge in [-0.05, 0) is 30.6 Å². The highest BCUT2D eigenvalue weighted by Crippen LogP contribution is 2.19. The zero-order valence-corrected chi connectivity index (χ0v) is 11.6. The molecule has 0 aliphatic heterocycles. The van der Waals surface area contributed by atoms with Crippen molar-refractivity contribution in [3.8, 4) is 0 Å². The normalized spacial score (nSPS) is 10.2. The number of nitrogens with zero attached hydrogens (tertiary/aromatic N) is 3. The number of anilines is 1. The van der Waals surface area contributed by atoms with E-state index in [1.54, 1.807) is 12.1 Å². The van der Waals surface area contributed by atoms with Gasteiger partial charge in [0.15, 0.2) is 0 Å². The van der Waals surface area contributed by atoms with Gasteiger partial charge in [-0.15, -0.1) is 5.10 Å². The zero-order valence-electron chi connectivity index (χ0n) is 10.8. The van der Waals surface area contributed by atoms with Crippen LogP contribution >= 0.6 is 11.5 Å². The van der Waals surface area contributed by atoms with Crippen LogP contribution in [0.15, 0.2) is 30.5 Å². The summed E-state index contributed by atoms with van der Waals surface area (Å²) in [6, 6.07) is 7.34. The molecule has 2 rings (SSSR count). The minimum absolute atomic E-state index is 0.106. The molecule has 1 aromatic heterocycles. The van der Waals surface area contributed by atoms with Gasteiger partial charge in [-0.1, -0.05) is 22.2 Å². The van der Waals surface area contributed by atoms with Gasteiger partial charge in [0.1, 0.15) is 4.88 Å². The first-order valence-electron chi connectivity index (χ1n) is 5.95. The number of carbonyl (C=O) groups is 2. The summed E-state index contributed by atoms with van der Waals surface area (Å²) in [5.74, 6) is -1.23. The van der Waals surface area contributed by atoms with Crippen LogP contribution in [0.3, 0.4) is 0 Å². The van der Waals surface area contributed by atoms with Gasteiger partial charge in [-0.3, -0.25) is 9.59 Å². The summed E-state index contributed by atoms with van der Waals surface area (Å²) in [4.78, 5) is 24.9. The van der Waals surface area contributed by atoms with E-state index in [2.05, 4.69) is 9.59 Å². The maximum absolute atomic E-state index is 12.4. The van der Waals surface area contributed by atoms with E-state index in [0.29, 0.717) is 10.6 Å². The fourth-order valence-electron chi connectivity index (χ4n) is 1.67. The molecule has 20 heavy (non-hydrogen) atoms. The summed E-state index contributed by atoms with van der Waals surface area (Å²) in [5, 5.41) is 12.4. The predicted molar refractivity (Wildman–Crippen MR) is 75.0 cm³/mol. The third-order valence-electron chi connectivity index (χ3n) is 2.71. The third kappa shape index (κ3) is 3.39. The molecule has 1 N–H and O–H groups in total. The van der Waals surface area contributed by atoms with Gasteiger partial charge in [0.2, 0.25) is 0 Å². The molecule has 2 aromatic rings. The fourth-order valence-corrected chi connectivity index (χ4v) is 2.14. The molecule has 0 fully saturated rings. The van der Waals surface area contributed by atoms with Crippen molar-refractivity contribution in [2.75, 3.05) is 11.4 Å². The molecule has 104 valence electrons. The van der Waals surface area contributed by atoms with Crippen molar-refractivity contribution in [3.63, 3.8) is 0 Å². The van der Waals surface area contributed by atoms with E-state index in [4.69, 9.17) is 5.11 Å². The highest BCUT2D eigenvalue weighted by atomic mass is 32.1. The molecule has 0 radical (unpaired) electrons. The van der Waals surface area contributed by atoms with Crippen LogP contribution < -0.4 is 4.90 Å². The lowest BCUT2D eigenvalue weighted by molar-refractivity contribution is -0.136. The minimum atomic E-state index is -0.947. The maximum Gasteiger partial charge on any atom is 0.305 e. The van der Waals surface area contributed by atoms with E-state index in [0.717, 1.165) is 17.1 Å². The maximum atomic E-state index is 12.4. The first kappa shape index (κ1) is 14.1. The molecule has 1 amide bonds. The number of carboxylic acid groups (broad SMARTS) is 1. The topological polar surface area (TPSA) is 83.4 Å². The van der Waals surface area contributed by atoms with Gasteiger partial charge in [-0.2, -0.15) is 0 Å². The Balaban J connectivity index is 2.26. The van der Waals surface area contributed by atoms with Gasteiger partial charge in [0.05, 0.1) is 12.6 Å². The summed E-state index contributed by atoms with van der Waals surface area (Å²) in [6.45, 7) is 2.05. The number of aliphatic carboxylic acids is 1. The van der Waals surface area contributed by atoms with Crippen LogP contribution in [0.2, 0.25) is 0 Å². The summed E-state index contributed by atoms with van der Waals surface area (Å²) < 4.78 is 3.66. The molecule has 0 aliphatic carbocycles. The van der Waals surface area contributed by atoms with Crippen LogP contribution in [0.25, 0.3) is 0 Å². The molecule has 0 saturated heterocycles. The van der Waals surface area contributed by atoms with Crippen LogP contribution in [-0.4, -0.2) is 33.1 Å². The summed E-state index contributed by atoms with van der Waals surface area (Å²) in [6.07, 6.45) is 1.26. The Morgan fingerprint density at radius 1 is 1.30 bits per heavy atom. The monoisotopic (exact) mass is 291 g/mol. The molecule has 0 spiro atoms. The van der Waals surface area contributed by atoms with Gasteiger partial charge < -0.3 is 10.0 Å². The number of rotatable bonds is 5. The number of amides is 1. The number of carboxylic acids is 1. The molecule has 1 heterocycles. The first-order valence-corrected chi connectivity index (χ1v) is 6.73. The second-order valence-corrected chi connectivity index (χ2v) is 5.00. The largest absolute Gasteiger partial charge is 0.481 e. The van der Waals surface area contributed by atoms with Gasteiger partial charge >= 0.3 is 5.97 Å². The van der Waals surface area contributed by atoms with Crippen LogP contribution in [0, 0.1) is 6.92 Å². The summed E-state index contributed by atoms with van der Waals surface area (Å²) in [5.41, 5.74) is 1.73. The van der Waals surface area contributed by atoms with Crippen LogP contribution in [-0.2, 0) is 4.79 Å². The van der Waals surface area contributed by atoms with E-state index in [9.17, 15) is 9.59 Å². The third-order valence-corrected chi connectivity index (χ3v) is 3.36. The van der Waals surface area contributed by atoms with Gasteiger partial charge in [0.25, 0.3) is 5.91 Å². The van der Waals surface area contributed by atoms with Crippen molar-refractivity contribution in [1.82, 2.24) is 9.59 Å².